The summed E-state index contributed by atoms with van der Waals surface area (Å²) in [6.07, 6.45) is 0. The third-order valence-corrected chi connectivity index (χ3v) is 3.07. The predicted octanol–water partition coefficient (Wildman–Crippen LogP) is 1.62. The topological polar surface area (TPSA) is 70.2 Å². The SMILES string of the molecule is CCNc1ccccc1C(=O)NCC(C)(C)C(=O)NC. The van der Waals surface area contributed by atoms with Crippen LogP contribution in [0.3, 0.4) is 0 Å². The van der Waals surface area contributed by atoms with Gasteiger partial charge in [-0.05, 0) is 32.9 Å². The lowest BCUT2D eigenvalue weighted by Crippen LogP contribution is -2.43. The molecule has 1 aromatic rings. The van der Waals surface area contributed by atoms with E-state index in [4.69, 9.17) is 0 Å². The molecule has 0 radical (unpaired) electrons. The number of carbonyl (C=O) groups excluding carboxylic acids is 2. The van der Waals surface area contributed by atoms with E-state index in [1.165, 1.54) is 0 Å². The quantitative estimate of drug-likeness (QED) is 0.740. The molecule has 5 nitrogen and oxygen atoms in total. The Morgan fingerprint density at radius 3 is 2.45 bits per heavy atom. The molecule has 2 amide bonds. The molecule has 3 N–H and O–H groups in total. The molecule has 0 fully saturated rings. The number of anilines is 1. The maximum atomic E-state index is 12.2. The summed E-state index contributed by atoms with van der Waals surface area (Å²) < 4.78 is 0. The normalized spacial score (nSPS) is 10.8. The van der Waals surface area contributed by atoms with Gasteiger partial charge in [-0.15, -0.1) is 0 Å². The highest BCUT2D eigenvalue weighted by Crippen LogP contribution is 2.17. The van der Waals surface area contributed by atoms with E-state index in [0.29, 0.717) is 5.56 Å². The number of hydrogen-bond acceptors (Lipinski definition) is 3. The lowest BCUT2D eigenvalue weighted by Gasteiger charge is -2.23. The molecule has 0 aliphatic rings. The van der Waals surface area contributed by atoms with E-state index >= 15 is 0 Å². The molecule has 0 unspecified atom stereocenters. The van der Waals surface area contributed by atoms with Crippen molar-refractivity contribution in [2.24, 2.45) is 5.41 Å². The van der Waals surface area contributed by atoms with E-state index in [2.05, 4.69) is 16.0 Å². The second-order valence-electron chi connectivity index (χ2n) is 5.22. The summed E-state index contributed by atoms with van der Waals surface area (Å²) in [6, 6.07) is 7.32. The van der Waals surface area contributed by atoms with Crippen LogP contribution in [0, 0.1) is 5.41 Å². The number of nitrogens with one attached hydrogen (secondary N) is 3. The highest BCUT2D eigenvalue weighted by atomic mass is 16.2. The van der Waals surface area contributed by atoms with Gasteiger partial charge in [0.2, 0.25) is 5.91 Å². The van der Waals surface area contributed by atoms with Gasteiger partial charge in [-0.25, -0.2) is 0 Å². The van der Waals surface area contributed by atoms with E-state index < -0.39 is 5.41 Å². The molecule has 1 rings (SSSR count). The summed E-state index contributed by atoms with van der Waals surface area (Å²) in [5, 5.41) is 8.56. The first kappa shape index (κ1) is 16.0. The van der Waals surface area contributed by atoms with E-state index in [9.17, 15) is 9.59 Å². The lowest BCUT2D eigenvalue weighted by molar-refractivity contribution is -0.128. The molecule has 20 heavy (non-hydrogen) atoms. The molecule has 110 valence electrons. The van der Waals surface area contributed by atoms with Crippen molar-refractivity contribution in [3.63, 3.8) is 0 Å². The van der Waals surface area contributed by atoms with Gasteiger partial charge in [-0.2, -0.15) is 0 Å². The number of benzene rings is 1. The molecule has 0 aliphatic carbocycles. The summed E-state index contributed by atoms with van der Waals surface area (Å²) >= 11 is 0. The smallest absolute Gasteiger partial charge is 0.253 e. The molecule has 0 aliphatic heterocycles. The monoisotopic (exact) mass is 277 g/mol. The van der Waals surface area contributed by atoms with Crippen molar-refractivity contribution in [3.05, 3.63) is 29.8 Å². The van der Waals surface area contributed by atoms with E-state index in [-0.39, 0.29) is 18.4 Å². The Morgan fingerprint density at radius 2 is 1.85 bits per heavy atom. The molecule has 0 atom stereocenters. The Hall–Kier alpha value is -2.04. The van der Waals surface area contributed by atoms with Gasteiger partial charge >= 0.3 is 0 Å². The van der Waals surface area contributed by atoms with Gasteiger partial charge < -0.3 is 16.0 Å². The van der Waals surface area contributed by atoms with Gasteiger partial charge in [-0.1, -0.05) is 12.1 Å². The van der Waals surface area contributed by atoms with Crippen LogP contribution in [0.5, 0.6) is 0 Å². The first-order chi connectivity index (χ1) is 9.42. The van der Waals surface area contributed by atoms with Crippen LogP contribution in [0.25, 0.3) is 0 Å². The fraction of sp³-hybridized carbons (Fsp3) is 0.467. The molecule has 0 saturated heterocycles. The third-order valence-electron chi connectivity index (χ3n) is 3.07. The van der Waals surface area contributed by atoms with E-state index in [1.807, 2.05) is 25.1 Å². The number of carbonyl (C=O) groups is 2. The molecule has 0 heterocycles. The number of amides is 2. The predicted molar refractivity (Wildman–Crippen MR) is 80.8 cm³/mol. The minimum atomic E-state index is -0.641. The van der Waals surface area contributed by atoms with E-state index in [1.54, 1.807) is 27.0 Å². The fourth-order valence-corrected chi connectivity index (χ4v) is 1.84. The van der Waals surface area contributed by atoms with Crippen molar-refractivity contribution in [1.82, 2.24) is 10.6 Å². The van der Waals surface area contributed by atoms with Crippen molar-refractivity contribution >= 4 is 17.5 Å². The Labute approximate surface area is 120 Å². The largest absolute Gasteiger partial charge is 0.385 e. The summed E-state index contributed by atoms with van der Waals surface area (Å²) in [7, 11) is 1.59. The first-order valence-electron chi connectivity index (χ1n) is 6.75. The van der Waals surface area contributed by atoms with Gasteiger partial charge in [0.25, 0.3) is 5.91 Å². The molecule has 0 saturated carbocycles. The number of rotatable bonds is 6. The van der Waals surface area contributed by atoms with Gasteiger partial charge in [-0.3, -0.25) is 9.59 Å². The van der Waals surface area contributed by atoms with Crippen molar-refractivity contribution < 1.29 is 9.59 Å². The zero-order valence-corrected chi connectivity index (χ0v) is 12.5. The zero-order chi connectivity index (χ0) is 15.2. The van der Waals surface area contributed by atoms with Crippen LogP contribution in [-0.2, 0) is 4.79 Å². The van der Waals surface area contributed by atoms with E-state index in [0.717, 1.165) is 12.2 Å². The van der Waals surface area contributed by atoms with Crippen LogP contribution in [0.2, 0.25) is 0 Å². The van der Waals surface area contributed by atoms with Crippen molar-refractivity contribution in [1.29, 1.82) is 0 Å². The van der Waals surface area contributed by atoms with Crippen molar-refractivity contribution in [2.45, 2.75) is 20.8 Å². The van der Waals surface area contributed by atoms with Gasteiger partial charge in [0.1, 0.15) is 0 Å². The molecule has 0 bridgehead atoms. The highest BCUT2D eigenvalue weighted by Gasteiger charge is 2.27. The lowest BCUT2D eigenvalue weighted by atomic mass is 9.92. The Kier molecular flexibility index (Phi) is 5.55. The third kappa shape index (κ3) is 3.98. The average molecular weight is 277 g/mol. The zero-order valence-electron chi connectivity index (χ0n) is 12.5. The van der Waals surface area contributed by atoms with Gasteiger partial charge in [0, 0.05) is 25.8 Å². The molecular formula is C15H23N3O2. The van der Waals surface area contributed by atoms with Crippen LogP contribution >= 0.6 is 0 Å². The van der Waals surface area contributed by atoms with Crippen LogP contribution < -0.4 is 16.0 Å². The van der Waals surface area contributed by atoms with Crippen LogP contribution in [0.15, 0.2) is 24.3 Å². The van der Waals surface area contributed by atoms with Crippen LogP contribution in [0.1, 0.15) is 31.1 Å². The summed E-state index contributed by atoms with van der Waals surface area (Å²) in [5.41, 5.74) is 0.740. The summed E-state index contributed by atoms with van der Waals surface area (Å²) in [6.45, 7) is 6.59. The summed E-state index contributed by atoms with van der Waals surface area (Å²) in [5.74, 6) is -0.281. The Bertz CT molecular complexity index is 484. The minimum absolute atomic E-state index is 0.0993. The maximum Gasteiger partial charge on any atom is 0.253 e. The second-order valence-corrected chi connectivity index (χ2v) is 5.22. The average Bonchev–Trinajstić information content (AvgIpc) is 2.45. The minimum Gasteiger partial charge on any atom is -0.385 e. The number of para-hydroxylation sites is 1. The van der Waals surface area contributed by atoms with Crippen LogP contribution in [-0.4, -0.2) is 32.0 Å². The fourth-order valence-electron chi connectivity index (χ4n) is 1.84. The molecular weight excluding hydrogens is 254 g/mol. The maximum absolute atomic E-state index is 12.2. The van der Waals surface area contributed by atoms with Gasteiger partial charge in [0.05, 0.1) is 11.0 Å². The number of hydrogen-bond donors (Lipinski definition) is 3. The van der Waals surface area contributed by atoms with Crippen LogP contribution in [0.4, 0.5) is 5.69 Å². The highest BCUT2D eigenvalue weighted by molar-refractivity contribution is 5.99. The molecule has 5 heteroatoms. The van der Waals surface area contributed by atoms with Crippen molar-refractivity contribution in [3.8, 4) is 0 Å². The molecule has 0 aromatic heterocycles. The van der Waals surface area contributed by atoms with Crippen molar-refractivity contribution in [2.75, 3.05) is 25.5 Å². The molecule has 0 spiro atoms. The second kappa shape index (κ2) is 6.93. The Balaban J connectivity index is 2.75. The summed E-state index contributed by atoms with van der Waals surface area (Å²) in [4.78, 5) is 23.9. The standard InChI is InChI=1S/C15H23N3O2/c1-5-17-12-9-7-6-8-11(12)13(19)18-10-15(2,3)14(20)16-4/h6-9,17H,5,10H2,1-4H3,(H,16,20)(H,18,19). The molecule has 1 aromatic carbocycles. The van der Waals surface area contributed by atoms with Gasteiger partial charge in [0.15, 0.2) is 0 Å². The Morgan fingerprint density at radius 1 is 1.20 bits per heavy atom. The first-order valence-corrected chi connectivity index (χ1v) is 6.75.